The Morgan fingerprint density at radius 1 is 1.42 bits per heavy atom. The maximum atomic E-state index is 11.0. The smallest absolute Gasteiger partial charge is 0.305 e. The fraction of sp³-hybridized carbons (Fsp3) is 0.533. The van der Waals surface area contributed by atoms with E-state index in [0.29, 0.717) is 6.42 Å². The Hall–Kier alpha value is -0.870. The molecular weight excluding hydrogens is 306 g/mol. The van der Waals surface area contributed by atoms with E-state index in [0.717, 1.165) is 24.0 Å². The Labute approximate surface area is 123 Å². The Kier molecular flexibility index (Phi) is 6.52. The van der Waals surface area contributed by atoms with Crippen LogP contribution in [0, 0.1) is 0 Å². The summed E-state index contributed by atoms with van der Waals surface area (Å²) in [4.78, 5) is 11.0. The van der Waals surface area contributed by atoms with E-state index in [2.05, 4.69) is 58.0 Å². The van der Waals surface area contributed by atoms with Crippen LogP contribution in [0.25, 0.3) is 0 Å². The van der Waals surface area contributed by atoms with Gasteiger partial charge in [-0.05, 0) is 30.7 Å². The van der Waals surface area contributed by atoms with Gasteiger partial charge in [0.15, 0.2) is 0 Å². The lowest BCUT2D eigenvalue weighted by Gasteiger charge is -2.26. The lowest BCUT2D eigenvalue weighted by atomic mass is 9.84. The second kappa shape index (κ2) is 7.65. The number of ether oxygens (including phenoxy) is 1. The molecule has 0 radical (unpaired) electrons. The standard InChI is InChI=1S/C15H22BrNO2/c1-15(2,12-6-4-7-13(16)10-12)11-17-9-5-8-14(18)19-3/h4,6-7,10,17H,5,8-9,11H2,1-3H3. The zero-order valence-electron chi connectivity index (χ0n) is 11.8. The molecule has 0 aliphatic rings. The van der Waals surface area contributed by atoms with Crippen LogP contribution >= 0.6 is 15.9 Å². The number of halogens is 1. The van der Waals surface area contributed by atoms with Crippen molar-refractivity contribution in [2.24, 2.45) is 0 Å². The highest BCUT2D eigenvalue weighted by atomic mass is 79.9. The Balaban J connectivity index is 2.37. The van der Waals surface area contributed by atoms with Gasteiger partial charge in [-0.1, -0.05) is 41.9 Å². The summed E-state index contributed by atoms with van der Waals surface area (Å²) in [5.74, 6) is -0.145. The summed E-state index contributed by atoms with van der Waals surface area (Å²) >= 11 is 3.50. The average molecular weight is 328 g/mol. The van der Waals surface area contributed by atoms with Gasteiger partial charge in [-0.15, -0.1) is 0 Å². The third-order valence-electron chi connectivity index (χ3n) is 3.14. The van der Waals surface area contributed by atoms with E-state index < -0.39 is 0 Å². The molecule has 0 aliphatic carbocycles. The van der Waals surface area contributed by atoms with E-state index >= 15 is 0 Å². The molecule has 1 aromatic carbocycles. The van der Waals surface area contributed by atoms with Gasteiger partial charge in [-0.25, -0.2) is 0 Å². The number of carbonyl (C=O) groups excluding carboxylic acids is 1. The maximum absolute atomic E-state index is 11.0. The van der Waals surface area contributed by atoms with Gasteiger partial charge in [-0.2, -0.15) is 0 Å². The molecule has 106 valence electrons. The zero-order chi connectivity index (χ0) is 14.3. The van der Waals surface area contributed by atoms with Crippen molar-refractivity contribution in [2.75, 3.05) is 20.2 Å². The van der Waals surface area contributed by atoms with Crippen LogP contribution in [0.4, 0.5) is 0 Å². The number of hydrogen-bond acceptors (Lipinski definition) is 3. The van der Waals surface area contributed by atoms with E-state index in [1.54, 1.807) is 0 Å². The third kappa shape index (κ3) is 5.74. The van der Waals surface area contributed by atoms with Gasteiger partial charge < -0.3 is 10.1 Å². The molecule has 0 saturated heterocycles. The normalized spacial score (nSPS) is 11.4. The Morgan fingerprint density at radius 2 is 2.16 bits per heavy atom. The molecule has 0 unspecified atom stereocenters. The van der Waals surface area contributed by atoms with Gasteiger partial charge in [0.05, 0.1) is 7.11 Å². The first kappa shape index (κ1) is 16.2. The van der Waals surface area contributed by atoms with Crippen molar-refractivity contribution >= 4 is 21.9 Å². The first-order chi connectivity index (χ1) is 8.95. The number of methoxy groups -OCH3 is 1. The maximum Gasteiger partial charge on any atom is 0.305 e. The summed E-state index contributed by atoms with van der Waals surface area (Å²) in [5.41, 5.74) is 1.36. The molecular formula is C15H22BrNO2. The lowest BCUT2D eigenvalue weighted by Crippen LogP contribution is -2.33. The number of nitrogens with one attached hydrogen (secondary N) is 1. The molecule has 1 aromatic rings. The molecule has 0 atom stereocenters. The monoisotopic (exact) mass is 327 g/mol. The Morgan fingerprint density at radius 3 is 2.79 bits per heavy atom. The summed E-state index contributed by atoms with van der Waals surface area (Å²) in [6.45, 7) is 6.13. The fourth-order valence-electron chi connectivity index (χ4n) is 1.87. The molecule has 0 amide bonds. The van der Waals surface area contributed by atoms with Crippen molar-refractivity contribution in [3.05, 3.63) is 34.3 Å². The van der Waals surface area contributed by atoms with Gasteiger partial charge in [-0.3, -0.25) is 4.79 Å². The van der Waals surface area contributed by atoms with Crippen molar-refractivity contribution in [1.29, 1.82) is 0 Å². The zero-order valence-corrected chi connectivity index (χ0v) is 13.4. The first-order valence-electron chi connectivity index (χ1n) is 6.49. The van der Waals surface area contributed by atoms with Gasteiger partial charge in [0.1, 0.15) is 0 Å². The molecule has 0 saturated carbocycles. The second-order valence-corrected chi connectivity index (χ2v) is 6.17. The van der Waals surface area contributed by atoms with Crippen LogP contribution in [-0.2, 0) is 14.9 Å². The van der Waals surface area contributed by atoms with Gasteiger partial charge in [0.25, 0.3) is 0 Å². The lowest BCUT2D eigenvalue weighted by molar-refractivity contribution is -0.140. The minimum Gasteiger partial charge on any atom is -0.469 e. The van der Waals surface area contributed by atoms with Crippen LogP contribution in [-0.4, -0.2) is 26.2 Å². The van der Waals surface area contributed by atoms with Gasteiger partial charge >= 0.3 is 5.97 Å². The van der Waals surface area contributed by atoms with Crippen molar-refractivity contribution < 1.29 is 9.53 Å². The second-order valence-electron chi connectivity index (χ2n) is 5.25. The molecule has 0 aromatic heterocycles. The number of rotatable bonds is 7. The van der Waals surface area contributed by atoms with Crippen LogP contribution in [0.15, 0.2) is 28.7 Å². The highest BCUT2D eigenvalue weighted by molar-refractivity contribution is 9.10. The highest BCUT2D eigenvalue weighted by Crippen LogP contribution is 2.24. The molecule has 1 rings (SSSR count). The SMILES string of the molecule is COC(=O)CCCNCC(C)(C)c1cccc(Br)c1. The quantitative estimate of drug-likeness (QED) is 0.617. The molecule has 0 bridgehead atoms. The molecule has 1 N–H and O–H groups in total. The number of esters is 1. The minimum atomic E-state index is -0.145. The number of carbonyl (C=O) groups is 1. The van der Waals surface area contributed by atoms with Crippen molar-refractivity contribution in [1.82, 2.24) is 5.32 Å². The van der Waals surface area contributed by atoms with Crippen LogP contribution in [0.2, 0.25) is 0 Å². The van der Waals surface area contributed by atoms with Crippen LogP contribution in [0.5, 0.6) is 0 Å². The molecule has 3 nitrogen and oxygen atoms in total. The highest BCUT2D eigenvalue weighted by Gasteiger charge is 2.20. The van der Waals surface area contributed by atoms with Gasteiger partial charge in [0, 0.05) is 22.9 Å². The third-order valence-corrected chi connectivity index (χ3v) is 3.63. The predicted molar refractivity (Wildman–Crippen MR) is 81.3 cm³/mol. The van der Waals surface area contributed by atoms with Crippen LogP contribution < -0.4 is 5.32 Å². The van der Waals surface area contributed by atoms with Crippen molar-refractivity contribution in [3.63, 3.8) is 0 Å². The van der Waals surface area contributed by atoms with E-state index in [4.69, 9.17) is 0 Å². The van der Waals surface area contributed by atoms with E-state index in [1.165, 1.54) is 12.7 Å². The molecule has 4 heteroatoms. The summed E-state index contributed by atoms with van der Waals surface area (Å²) < 4.78 is 5.71. The first-order valence-corrected chi connectivity index (χ1v) is 7.28. The molecule has 19 heavy (non-hydrogen) atoms. The topological polar surface area (TPSA) is 38.3 Å². The average Bonchev–Trinajstić information content (AvgIpc) is 2.38. The predicted octanol–water partition coefficient (Wildman–Crippen LogP) is 3.27. The summed E-state index contributed by atoms with van der Waals surface area (Å²) in [6.07, 6.45) is 1.28. The van der Waals surface area contributed by atoms with Crippen molar-refractivity contribution in [3.8, 4) is 0 Å². The van der Waals surface area contributed by atoms with Gasteiger partial charge in [0.2, 0.25) is 0 Å². The Bertz CT molecular complexity index is 418. The molecule has 0 aliphatic heterocycles. The summed E-state index contributed by atoms with van der Waals surface area (Å²) in [5, 5.41) is 3.40. The van der Waals surface area contributed by atoms with E-state index in [1.807, 2.05) is 6.07 Å². The largest absolute Gasteiger partial charge is 0.469 e. The fourth-order valence-corrected chi connectivity index (χ4v) is 2.27. The molecule has 0 heterocycles. The molecule has 0 fully saturated rings. The van der Waals surface area contributed by atoms with Crippen LogP contribution in [0.3, 0.4) is 0 Å². The molecule has 0 spiro atoms. The summed E-state index contributed by atoms with van der Waals surface area (Å²) in [7, 11) is 1.42. The summed E-state index contributed by atoms with van der Waals surface area (Å²) in [6, 6.07) is 8.37. The van der Waals surface area contributed by atoms with E-state index in [9.17, 15) is 4.79 Å². The van der Waals surface area contributed by atoms with Crippen molar-refractivity contribution in [2.45, 2.75) is 32.1 Å². The van der Waals surface area contributed by atoms with Crippen LogP contribution in [0.1, 0.15) is 32.3 Å². The van der Waals surface area contributed by atoms with E-state index in [-0.39, 0.29) is 11.4 Å². The minimum absolute atomic E-state index is 0.0645. The number of hydrogen-bond donors (Lipinski definition) is 1. The number of benzene rings is 1.